The van der Waals surface area contributed by atoms with E-state index in [1.165, 1.54) is 0 Å². The molecule has 1 aromatic carbocycles. The maximum atomic E-state index is 9.09. The van der Waals surface area contributed by atoms with Gasteiger partial charge in [0.2, 0.25) is 0 Å². The second-order valence-corrected chi connectivity index (χ2v) is 4.16. The van der Waals surface area contributed by atoms with Crippen molar-refractivity contribution in [1.29, 1.82) is 0 Å². The molecule has 0 fully saturated rings. The van der Waals surface area contributed by atoms with Gasteiger partial charge in [0.1, 0.15) is 0 Å². The van der Waals surface area contributed by atoms with E-state index in [1.807, 2.05) is 11.4 Å². The van der Waals surface area contributed by atoms with Gasteiger partial charge in [-0.05, 0) is 28.5 Å². The quantitative estimate of drug-likeness (QED) is 0.500. The smallest absolute Gasteiger partial charge is 0.0688 e. The Morgan fingerprint density at radius 2 is 2.31 bits per heavy atom. The lowest BCUT2D eigenvalue weighted by Crippen LogP contribution is -1.91. The van der Waals surface area contributed by atoms with E-state index in [4.69, 9.17) is 10.8 Å². The first kappa shape index (κ1) is 8.87. The van der Waals surface area contributed by atoms with Crippen LogP contribution < -0.4 is 5.73 Å². The van der Waals surface area contributed by atoms with Crippen LogP contribution in [0.1, 0.15) is 5.56 Å². The molecule has 4 heteroatoms. The molecule has 2 nitrogen and oxygen atoms in total. The van der Waals surface area contributed by atoms with Crippen molar-refractivity contribution in [3.05, 3.63) is 23.1 Å². The van der Waals surface area contributed by atoms with Crippen LogP contribution in [0.2, 0.25) is 0 Å². The molecule has 3 N–H and O–H groups in total. The number of anilines is 1. The lowest BCUT2D eigenvalue weighted by molar-refractivity contribution is 0.283. The minimum absolute atomic E-state index is 0.0193. The first-order valence-corrected chi connectivity index (χ1v) is 5.15. The number of aliphatic hydroxyl groups is 1. The number of thiophene rings is 1. The molecule has 2 rings (SSSR count). The maximum Gasteiger partial charge on any atom is 0.0688 e. The zero-order chi connectivity index (χ0) is 9.42. The number of rotatable bonds is 1. The van der Waals surface area contributed by atoms with Gasteiger partial charge in [-0.2, -0.15) is 0 Å². The van der Waals surface area contributed by atoms with E-state index in [9.17, 15) is 0 Å². The zero-order valence-corrected chi connectivity index (χ0v) is 8.53. The normalized spacial score (nSPS) is 10.9. The Labute approximate surface area is 85.4 Å². The lowest BCUT2D eigenvalue weighted by atomic mass is 10.1. The minimum Gasteiger partial charge on any atom is -0.398 e. The number of benzene rings is 1. The van der Waals surface area contributed by atoms with Crippen LogP contribution in [-0.2, 0) is 6.61 Å². The first-order valence-electron chi connectivity index (χ1n) is 3.82. The van der Waals surface area contributed by atoms with Gasteiger partial charge < -0.3 is 10.8 Å². The monoisotopic (exact) mass is 211 g/mol. The summed E-state index contributed by atoms with van der Waals surface area (Å²) < 4.78 is 1.05. The molecule has 68 valence electrons. The predicted octanol–water partition coefficient (Wildman–Crippen LogP) is 2.26. The molecule has 0 aliphatic carbocycles. The predicted molar refractivity (Wildman–Crippen MR) is 59.4 cm³/mol. The summed E-state index contributed by atoms with van der Waals surface area (Å²) >= 11 is 5.91. The number of hydrogen-bond acceptors (Lipinski definition) is 4. The maximum absolute atomic E-state index is 9.09. The summed E-state index contributed by atoms with van der Waals surface area (Å²) in [5.74, 6) is 0. The van der Waals surface area contributed by atoms with E-state index in [1.54, 1.807) is 17.4 Å². The zero-order valence-electron chi connectivity index (χ0n) is 6.82. The van der Waals surface area contributed by atoms with E-state index in [2.05, 4.69) is 12.6 Å². The van der Waals surface area contributed by atoms with Crippen LogP contribution in [-0.4, -0.2) is 5.11 Å². The highest BCUT2D eigenvalue weighted by atomic mass is 32.1. The Kier molecular flexibility index (Phi) is 2.19. The standard InChI is InChI=1S/C9H9NOS2/c10-7-3-5(4-11)6-1-2-13-9(6)8(7)12/h1-3,11-12H,4,10H2. The van der Waals surface area contributed by atoms with Crippen LogP contribution in [0.3, 0.4) is 0 Å². The van der Waals surface area contributed by atoms with Crippen molar-refractivity contribution in [1.82, 2.24) is 0 Å². The van der Waals surface area contributed by atoms with Crippen LogP contribution >= 0.6 is 24.0 Å². The van der Waals surface area contributed by atoms with Gasteiger partial charge in [-0.3, -0.25) is 0 Å². The summed E-state index contributed by atoms with van der Waals surface area (Å²) in [6.45, 7) is 0.0193. The largest absolute Gasteiger partial charge is 0.398 e. The molecular formula is C9H9NOS2. The van der Waals surface area contributed by atoms with Crippen LogP contribution in [0.5, 0.6) is 0 Å². The number of hydrogen-bond donors (Lipinski definition) is 3. The summed E-state index contributed by atoms with van der Waals surface area (Å²) in [6.07, 6.45) is 0. The van der Waals surface area contributed by atoms with Gasteiger partial charge in [-0.25, -0.2) is 0 Å². The van der Waals surface area contributed by atoms with Crippen molar-refractivity contribution in [2.45, 2.75) is 11.5 Å². The average molecular weight is 211 g/mol. The van der Waals surface area contributed by atoms with Crippen molar-refractivity contribution < 1.29 is 5.11 Å². The van der Waals surface area contributed by atoms with Gasteiger partial charge in [-0.15, -0.1) is 24.0 Å². The van der Waals surface area contributed by atoms with E-state index in [0.717, 1.165) is 20.5 Å². The second-order valence-electron chi connectivity index (χ2n) is 2.80. The molecular weight excluding hydrogens is 202 g/mol. The highest BCUT2D eigenvalue weighted by Crippen LogP contribution is 2.34. The van der Waals surface area contributed by atoms with Crippen molar-refractivity contribution in [3.8, 4) is 0 Å². The molecule has 0 saturated heterocycles. The fraction of sp³-hybridized carbons (Fsp3) is 0.111. The Morgan fingerprint density at radius 3 is 3.00 bits per heavy atom. The van der Waals surface area contributed by atoms with Gasteiger partial charge in [0.15, 0.2) is 0 Å². The Hall–Kier alpha value is -0.710. The fourth-order valence-corrected chi connectivity index (χ4v) is 2.58. The molecule has 0 bridgehead atoms. The first-order chi connectivity index (χ1) is 6.24. The second kappa shape index (κ2) is 3.21. The molecule has 1 heterocycles. The molecule has 0 saturated carbocycles. The van der Waals surface area contributed by atoms with Crippen molar-refractivity contribution in [2.75, 3.05) is 5.73 Å². The number of thiol groups is 1. The van der Waals surface area contributed by atoms with Gasteiger partial charge >= 0.3 is 0 Å². The van der Waals surface area contributed by atoms with Crippen LogP contribution in [0.15, 0.2) is 22.4 Å². The highest BCUT2D eigenvalue weighted by Gasteiger charge is 2.07. The van der Waals surface area contributed by atoms with E-state index < -0.39 is 0 Å². The fourth-order valence-electron chi connectivity index (χ4n) is 1.34. The van der Waals surface area contributed by atoms with Gasteiger partial charge in [0.05, 0.1) is 11.3 Å². The van der Waals surface area contributed by atoms with E-state index >= 15 is 0 Å². The van der Waals surface area contributed by atoms with Crippen LogP contribution in [0.4, 0.5) is 5.69 Å². The van der Waals surface area contributed by atoms with Crippen LogP contribution in [0.25, 0.3) is 10.1 Å². The molecule has 0 unspecified atom stereocenters. The third-order valence-electron chi connectivity index (χ3n) is 2.00. The summed E-state index contributed by atoms with van der Waals surface area (Å²) in [5, 5.41) is 12.1. The summed E-state index contributed by atoms with van der Waals surface area (Å²) in [4.78, 5) is 0.808. The molecule has 2 aromatic rings. The molecule has 0 spiro atoms. The molecule has 0 aliphatic heterocycles. The Balaban J connectivity index is 2.87. The minimum atomic E-state index is 0.0193. The number of aliphatic hydroxyl groups excluding tert-OH is 1. The molecule has 0 radical (unpaired) electrons. The van der Waals surface area contributed by atoms with Gasteiger partial charge in [-0.1, -0.05) is 0 Å². The lowest BCUT2D eigenvalue weighted by Gasteiger charge is -2.04. The average Bonchev–Trinajstić information content (AvgIpc) is 2.60. The third-order valence-corrected chi connectivity index (χ3v) is 3.56. The number of nitrogen functional groups attached to an aromatic ring is 1. The topological polar surface area (TPSA) is 46.2 Å². The van der Waals surface area contributed by atoms with Gasteiger partial charge in [0, 0.05) is 10.6 Å². The summed E-state index contributed by atoms with van der Waals surface area (Å²) in [7, 11) is 0. The summed E-state index contributed by atoms with van der Waals surface area (Å²) in [5.41, 5.74) is 7.23. The SMILES string of the molecule is Nc1cc(CO)c2ccsc2c1S. The van der Waals surface area contributed by atoms with E-state index in [-0.39, 0.29) is 6.61 Å². The third kappa shape index (κ3) is 1.31. The molecule has 13 heavy (non-hydrogen) atoms. The molecule has 0 aliphatic rings. The molecule has 0 amide bonds. The number of nitrogens with two attached hydrogens (primary N) is 1. The van der Waals surface area contributed by atoms with Crippen LogP contribution in [0, 0.1) is 0 Å². The molecule has 1 aromatic heterocycles. The van der Waals surface area contributed by atoms with Crippen molar-refractivity contribution in [3.63, 3.8) is 0 Å². The van der Waals surface area contributed by atoms with Gasteiger partial charge in [0.25, 0.3) is 0 Å². The Morgan fingerprint density at radius 1 is 1.54 bits per heavy atom. The number of fused-ring (bicyclic) bond motifs is 1. The highest BCUT2D eigenvalue weighted by molar-refractivity contribution is 7.81. The summed E-state index contributed by atoms with van der Waals surface area (Å²) in [6, 6.07) is 3.75. The van der Waals surface area contributed by atoms with Crippen molar-refractivity contribution >= 4 is 39.7 Å². The van der Waals surface area contributed by atoms with E-state index in [0.29, 0.717) is 5.69 Å². The Bertz CT molecular complexity index is 450. The van der Waals surface area contributed by atoms with Crippen molar-refractivity contribution in [2.24, 2.45) is 0 Å². The molecule has 0 atom stereocenters.